The van der Waals surface area contributed by atoms with Gasteiger partial charge in [0.25, 0.3) is 5.91 Å². The Hall–Kier alpha value is -3.15. The van der Waals surface area contributed by atoms with Crippen LogP contribution < -0.4 is 5.43 Å². The van der Waals surface area contributed by atoms with Crippen LogP contribution in [0.3, 0.4) is 0 Å². The predicted octanol–water partition coefficient (Wildman–Crippen LogP) is 3.23. The normalized spacial score (nSPS) is 15.5. The van der Waals surface area contributed by atoms with Gasteiger partial charge in [-0.1, -0.05) is 48.0 Å². The van der Waals surface area contributed by atoms with Gasteiger partial charge in [0.1, 0.15) is 0 Å². The zero-order valence-electron chi connectivity index (χ0n) is 16.5. The molecule has 2 aromatic carbocycles. The molecule has 1 heterocycles. The second-order valence-corrected chi connectivity index (χ2v) is 6.55. The van der Waals surface area contributed by atoms with Crippen LogP contribution in [0, 0.1) is 6.92 Å². The van der Waals surface area contributed by atoms with Crippen molar-refractivity contribution in [1.29, 1.82) is 0 Å². The average Bonchev–Trinajstić information content (AvgIpc) is 3.04. The van der Waals surface area contributed by atoms with Gasteiger partial charge in [0, 0.05) is 31.4 Å². The molecule has 2 aromatic rings. The maximum atomic E-state index is 12.1. The summed E-state index contributed by atoms with van der Waals surface area (Å²) in [5.74, 6) is -0.380. The first kappa shape index (κ1) is 21.2. The lowest BCUT2D eigenvalue weighted by Crippen LogP contribution is -2.43. The highest BCUT2D eigenvalue weighted by Crippen LogP contribution is 2.27. The van der Waals surface area contributed by atoms with Crippen molar-refractivity contribution < 1.29 is 19.1 Å². The molecule has 6 heteroatoms. The molecule has 0 saturated carbocycles. The highest BCUT2D eigenvalue weighted by atomic mass is 16.5. The lowest BCUT2D eigenvalue weighted by atomic mass is 9.97. The Bertz CT molecular complexity index is 803. The van der Waals surface area contributed by atoms with Gasteiger partial charge in [0.2, 0.25) is 5.91 Å². The molecule has 1 aliphatic heterocycles. The lowest BCUT2D eigenvalue weighted by molar-refractivity contribution is -0.140. The third kappa shape index (κ3) is 6.23. The number of esters is 1. The van der Waals surface area contributed by atoms with Crippen molar-refractivity contribution in [1.82, 2.24) is 10.4 Å². The Morgan fingerprint density at radius 3 is 2.29 bits per heavy atom. The number of hydrazine groups is 1. The van der Waals surface area contributed by atoms with E-state index in [1.165, 1.54) is 17.5 Å². The van der Waals surface area contributed by atoms with Crippen LogP contribution in [-0.2, 0) is 14.3 Å². The summed E-state index contributed by atoms with van der Waals surface area (Å²) in [5.41, 5.74) is 5.58. The van der Waals surface area contributed by atoms with Gasteiger partial charge in [0.05, 0.1) is 6.61 Å². The van der Waals surface area contributed by atoms with Crippen molar-refractivity contribution in [2.45, 2.75) is 33.1 Å². The van der Waals surface area contributed by atoms with Crippen LogP contribution in [0.4, 0.5) is 0 Å². The number of aryl methyl sites for hydroxylation is 1. The fraction of sp³-hybridized carbons (Fsp3) is 0.318. The molecule has 0 spiro atoms. The quantitative estimate of drug-likeness (QED) is 0.824. The van der Waals surface area contributed by atoms with E-state index >= 15 is 0 Å². The molecule has 0 bridgehead atoms. The Balaban J connectivity index is 0.000000409. The number of nitrogens with one attached hydrogen (secondary N) is 1. The summed E-state index contributed by atoms with van der Waals surface area (Å²) in [6.45, 7) is 6.21. The van der Waals surface area contributed by atoms with Crippen LogP contribution in [0.2, 0.25) is 0 Å². The van der Waals surface area contributed by atoms with E-state index in [1.54, 1.807) is 31.2 Å². The van der Waals surface area contributed by atoms with Gasteiger partial charge in [-0.3, -0.25) is 24.8 Å². The summed E-state index contributed by atoms with van der Waals surface area (Å²) in [6.07, 6.45) is 0.429. The van der Waals surface area contributed by atoms with Crippen molar-refractivity contribution in [3.8, 4) is 0 Å². The number of hydrogen-bond acceptors (Lipinski definition) is 4. The predicted molar refractivity (Wildman–Crippen MR) is 106 cm³/mol. The number of ether oxygens (including phenoxy) is 1. The number of carbonyl (C=O) groups excluding carboxylic acids is 3. The minimum absolute atomic E-state index is 0.0464. The van der Waals surface area contributed by atoms with E-state index in [9.17, 15) is 14.4 Å². The van der Waals surface area contributed by atoms with Crippen LogP contribution in [0.5, 0.6) is 0 Å². The van der Waals surface area contributed by atoms with Gasteiger partial charge in [-0.25, -0.2) is 0 Å². The minimum Gasteiger partial charge on any atom is -0.466 e. The van der Waals surface area contributed by atoms with Gasteiger partial charge in [-0.05, 0) is 31.5 Å². The Morgan fingerprint density at radius 2 is 1.75 bits per heavy atom. The second-order valence-electron chi connectivity index (χ2n) is 6.55. The van der Waals surface area contributed by atoms with Crippen LogP contribution in [0.1, 0.15) is 47.7 Å². The summed E-state index contributed by atoms with van der Waals surface area (Å²) in [4.78, 5) is 34.1. The van der Waals surface area contributed by atoms with Gasteiger partial charge in [-0.2, -0.15) is 0 Å². The van der Waals surface area contributed by atoms with E-state index in [-0.39, 0.29) is 23.7 Å². The molecule has 1 atom stereocenters. The molecule has 1 unspecified atom stereocenters. The molecule has 28 heavy (non-hydrogen) atoms. The van der Waals surface area contributed by atoms with Gasteiger partial charge >= 0.3 is 5.97 Å². The number of amides is 2. The zero-order chi connectivity index (χ0) is 20.5. The van der Waals surface area contributed by atoms with Crippen LogP contribution in [0.25, 0.3) is 0 Å². The van der Waals surface area contributed by atoms with E-state index in [2.05, 4.69) is 22.3 Å². The third-order valence-corrected chi connectivity index (χ3v) is 4.29. The molecule has 1 N–H and O–H groups in total. The second kappa shape index (κ2) is 10.3. The van der Waals surface area contributed by atoms with Crippen molar-refractivity contribution in [2.24, 2.45) is 0 Å². The highest BCUT2D eigenvalue weighted by molar-refractivity contribution is 5.95. The van der Waals surface area contributed by atoms with E-state index in [0.29, 0.717) is 25.1 Å². The Morgan fingerprint density at radius 1 is 1.11 bits per heavy atom. The lowest BCUT2D eigenvalue weighted by Gasteiger charge is -2.18. The number of rotatable bonds is 4. The van der Waals surface area contributed by atoms with Crippen LogP contribution >= 0.6 is 0 Å². The molecule has 3 rings (SSSR count). The van der Waals surface area contributed by atoms with Crippen molar-refractivity contribution in [2.75, 3.05) is 13.2 Å². The van der Waals surface area contributed by atoms with Gasteiger partial charge in [-0.15, -0.1) is 0 Å². The number of benzene rings is 2. The maximum Gasteiger partial charge on any atom is 0.302 e. The van der Waals surface area contributed by atoms with Gasteiger partial charge in [0.15, 0.2) is 0 Å². The van der Waals surface area contributed by atoms with E-state index in [0.717, 1.165) is 5.56 Å². The SMILES string of the molecule is CCOC(C)=O.Cc1ccc(C2CC(=O)N(NC(=O)c3ccccc3)C2)cc1. The summed E-state index contributed by atoms with van der Waals surface area (Å²) < 4.78 is 4.40. The van der Waals surface area contributed by atoms with Gasteiger partial charge < -0.3 is 4.74 Å². The number of nitrogens with zero attached hydrogens (tertiary/aromatic N) is 1. The van der Waals surface area contributed by atoms with E-state index in [1.807, 2.05) is 25.1 Å². The maximum absolute atomic E-state index is 12.1. The number of carbonyl (C=O) groups is 3. The van der Waals surface area contributed by atoms with E-state index in [4.69, 9.17) is 0 Å². The molecule has 0 aromatic heterocycles. The van der Waals surface area contributed by atoms with E-state index < -0.39 is 0 Å². The molecule has 1 fully saturated rings. The van der Waals surface area contributed by atoms with Crippen LogP contribution in [-0.4, -0.2) is 35.9 Å². The molecule has 0 aliphatic carbocycles. The smallest absolute Gasteiger partial charge is 0.302 e. The monoisotopic (exact) mass is 382 g/mol. The molecule has 1 aliphatic rings. The molecule has 148 valence electrons. The third-order valence-electron chi connectivity index (χ3n) is 4.29. The number of hydrogen-bond donors (Lipinski definition) is 1. The Kier molecular flexibility index (Phi) is 7.75. The Labute approximate surface area is 165 Å². The zero-order valence-corrected chi connectivity index (χ0v) is 16.5. The summed E-state index contributed by atoms with van der Waals surface area (Å²) >= 11 is 0. The summed E-state index contributed by atoms with van der Waals surface area (Å²) in [7, 11) is 0. The molecular weight excluding hydrogens is 356 g/mol. The molecule has 6 nitrogen and oxygen atoms in total. The average molecular weight is 382 g/mol. The molecular formula is C22H26N2O4. The molecule has 0 radical (unpaired) electrons. The van der Waals surface area contributed by atoms with Crippen molar-refractivity contribution in [3.63, 3.8) is 0 Å². The minimum atomic E-state index is -0.251. The first-order chi connectivity index (χ1) is 13.4. The first-order valence-electron chi connectivity index (χ1n) is 9.27. The highest BCUT2D eigenvalue weighted by Gasteiger charge is 2.31. The standard InChI is InChI=1S/C18H18N2O2.C4H8O2/c1-13-7-9-14(10-8-13)16-11-17(21)20(12-16)19-18(22)15-5-3-2-4-6-15;1-3-6-4(2)5/h2-10,16H,11-12H2,1H3,(H,19,22);3H2,1-2H3. The topological polar surface area (TPSA) is 75.7 Å². The molecule has 1 saturated heterocycles. The summed E-state index contributed by atoms with van der Waals surface area (Å²) in [6, 6.07) is 17.1. The fourth-order valence-electron chi connectivity index (χ4n) is 2.86. The van der Waals surface area contributed by atoms with Crippen molar-refractivity contribution >= 4 is 17.8 Å². The molecule has 2 amide bonds. The fourth-order valence-corrected chi connectivity index (χ4v) is 2.86. The largest absolute Gasteiger partial charge is 0.466 e. The summed E-state index contributed by atoms with van der Waals surface area (Å²) in [5, 5.41) is 1.43. The van der Waals surface area contributed by atoms with Crippen molar-refractivity contribution in [3.05, 3.63) is 71.3 Å². The first-order valence-corrected chi connectivity index (χ1v) is 9.27. The van der Waals surface area contributed by atoms with Crippen LogP contribution in [0.15, 0.2) is 54.6 Å².